The smallest absolute Gasteiger partial charge is 0.0672 e. The Kier molecular flexibility index (Phi) is 6.10. The first-order valence-corrected chi connectivity index (χ1v) is 5.00. The molecule has 0 aliphatic carbocycles. The van der Waals surface area contributed by atoms with E-state index in [1.165, 1.54) is 0 Å². The van der Waals surface area contributed by atoms with Crippen molar-refractivity contribution in [3.05, 3.63) is 0 Å². The summed E-state index contributed by atoms with van der Waals surface area (Å²) in [6.45, 7) is 8.82. The summed E-state index contributed by atoms with van der Waals surface area (Å²) in [5, 5.41) is 6.37. The molecule has 2 heterocycles. The molecule has 2 aliphatic heterocycles. The van der Waals surface area contributed by atoms with Crippen LogP contribution in [0.2, 0.25) is 0 Å². The molecule has 13 heavy (non-hydrogen) atoms. The van der Waals surface area contributed by atoms with E-state index in [2.05, 4.69) is 17.6 Å². The van der Waals surface area contributed by atoms with Crippen LogP contribution in [0.1, 0.15) is 6.92 Å². The van der Waals surface area contributed by atoms with Gasteiger partial charge in [-0.05, 0) is 6.92 Å². The normalized spacial score (nSPS) is 28.8. The van der Waals surface area contributed by atoms with Crippen molar-refractivity contribution in [3.8, 4) is 0 Å². The Bertz CT molecular complexity index is 101. The molecule has 4 heteroatoms. The largest absolute Gasteiger partial charge is 0.379 e. The average molecular weight is 188 g/mol. The summed E-state index contributed by atoms with van der Waals surface area (Å²) in [5.74, 6) is 0. The molecule has 0 aromatic heterocycles. The molecule has 2 aliphatic rings. The first kappa shape index (κ1) is 10.9. The van der Waals surface area contributed by atoms with Gasteiger partial charge in [-0.15, -0.1) is 0 Å². The number of hydrogen-bond acceptors (Lipinski definition) is 4. The molecule has 0 aromatic carbocycles. The molecule has 4 nitrogen and oxygen atoms in total. The zero-order chi connectivity index (χ0) is 9.36. The van der Waals surface area contributed by atoms with Gasteiger partial charge < -0.3 is 20.1 Å². The predicted octanol–water partition coefficient (Wildman–Crippen LogP) is -0.399. The highest BCUT2D eigenvalue weighted by Crippen LogP contribution is 1.91. The SMILES string of the molecule is C1COCCN1.CC1CNCCO1. The van der Waals surface area contributed by atoms with E-state index < -0.39 is 0 Å². The lowest BCUT2D eigenvalue weighted by Gasteiger charge is -2.18. The minimum Gasteiger partial charge on any atom is -0.379 e. The second kappa shape index (κ2) is 7.26. The van der Waals surface area contributed by atoms with Gasteiger partial charge in [0.15, 0.2) is 0 Å². The Balaban J connectivity index is 0.000000132. The van der Waals surface area contributed by atoms with E-state index in [1.807, 2.05) is 0 Å². The van der Waals surface area contributed by atoms with Crippen molar-refractivity contribution < 1.29 is 9.47 Å². The molecule has 0 saturated carbocycles. The maximum Gasteiger partial charge on any atom is 0.0672 e. The van der Waals surface area contributed by atoms with E-state index in [4.69, 9.17) is 9.47 Å². The molecule has 2 rings (SSSR count). The number of ether oxygens (including phenoxy) is 2. The van der Waals surface area contributed by atoms with Crippen molar-refractivity contribution in [3.63, 3.8) is 0 Å². The van der Waals surface area contributed by atoms with Gasteiger partial charge in [-0.25, -0.2) is 0 Å². The first-order chi connectivity index (χ1) is 6.39. The molecule has 0 aromatic rings. The van der Waals surface area contributed by atoms with Crippen LogP contribution in [0, 0.1) is 0 Å². The zero-order valence-electron chi connectivity index (χ0n) is 8.34. The molecule has 0 bridgehead atoms. The molecule has 0 spiro atoms. The van der Waals surface area contributed by atoms with Crippen molar-refractivity contribution in [1.82, 2.24) is 10.6 Å². The second-order valence-corrected chi connectivity index (χ2v) is 3.25. The van der Waals surface area contributed by atoms with E-state index in [1.54, 1.807) is 0 Å². The zero-order valence-corrected chi connectivity index (χ0v) is 8.34. The third-order valence-electron chi connectivity index (χ3n) is 1.96. The van der Waals surface area contributed by atoms with Crippen molar-refractivity contribution in [2.75, 3.05) is 46.0 Å². The van der Waals surface area contributed by atoms with E-state index in [0.29, 0.717) is 6.10 Å². The van der Waals surface area contributed by atoms with E-state index >= 15 is 0 Å². The van der Waals surface area contributed by atoms with E-state index in [-0.39, 0.29) is 0 Å². The lowest BCUT2D eigenvalue weighted by Crippen LogP contribution is -2.36. The Hall–Kier alpha value is -0.160. The number of morpholine rings is 2. The fourth-order valence-corrected chi connectivity index (χ4v) is 1.21. The highest BCUT2D eigenvalue weighted by molar-refractivity contribution is 4.59. The van der Waals surface area contributed by atoms with Gasteiger partial charge in [0.25, 0.3) is 0 Å². The maximum atomic E-state index is 5.22. The Morgan fingerprint density at radius 2 is 1.69 bits per heavy atom. The van der Waals surface area contributed by atoms with Crippen LogP contribution >= 0.6 is 0 Å². The highest BCUT2D eigenvalue weighted by atomic mass is 16.5. The number of hydrogen-bond donors (Lipinski definition) is 2. The van der Waals surface area contributed by atoms with Crippen molar-refractivity contribution in [2.24, 2.45) is 0 Å². The standard InChI is InChI=1S/C5H11NO.C4H9NO/c1-5-4-6-2-3-7-5;1-3-6-4-2-5-1/h5-6H,2-4H2,1H3;5H,1-4H2. The van der Waals surface area contributed by atoms with Crippen LogP contribution in [0.4, 0.5) is 0 Å². The summed E-state index contributed by atoms with van der Waals surface area (Å²) < 4.78 is 10.2. The molecule has 2 N–H and O–H groups in total. The van der Waals surface area contributed by atoms with Crippen LogP contribution < -0.4 is 10.6 Å². The molecule has 1 unspecified atom stereocenters. The lowest BCUT2D eigenvalue weighted by atomic mass is 10.3. The monoisotopic (exact) mass is 188 g/mol. The minimum atomic E-state index is 0.425. The number of rotatable bonds is 0. The third kappa shape index (κ3) is 5.99. The van der Waals surface area contributed by atoms with Crippen LogP contribution in [0.5, 0.6) is 0 Å². The van der Waals surface area contributed by atoms with Crippen LogP contribution in [0.3, 0.4) is 0 Å². The van der Waals surface area contributed by atoms with Gasteiger partial charge in [-0.3, -0.25) is 0 Å². The molecule has 1 atom stereocenters. The van der Waals surface area contributed by atoms with Gasteiger partial charge in [0.1, 0.15) is 0 Å². The Morgan fingerprint density at radius 1 is 1.00 bits per heavy atom. The lowest BCUT2D eigenvalue weighted by molar-refractivity contribution is 0.0410. The van der Waals surface area contributed by atoms with Gasteiger partial charge in [0.05, 0.1) is 25.9 Å². The summed E-state index contributed by atoms with van der Waals surface area (Å²) >= 11 is 0. The summed E-state index contributed by atoms with van der Waals surface area (Å²) in [6.07, 6.45) is 0.425. The summed E-state index contributed by atoms with van der Waals surface area (Å²) in [4.78, 5) is 0. The molecular formula is C9H20N2O2. The highest BCUT2D eigenvalue weighted by Gasteiger charge is 2.04. The van der Waals surface area contributed by atoms with Crippen LogP contribution in [-0.4, -0.2) is 52.1 Å². The third-order valence-corrected chi connectivity index (χ3v) is 1.96. The fraction of sp³-hybridized carbons (Fsp3) is 1.00. The Morgan fingerprint density at radius 3 is 1.92 bits per heavy atom. The Labute approximate surface area is 80.0 Å². The summed E-state index contributed by atoms with van der Waals surface area (Å²) in [6, 6.07) is 0. The van der Waals surface area contributed by atoms with E-state index in [0.717, 1.165) is 46.0 Å². The molecule has 2 saturated heterocycles. The van der Waals surface area contributed by atoms with Crippen LogP contribution in [-0.2, 0) is 9.47 Å². The van der Waals surface area contributed by atoms with Gasteiger partial charge in [-0.2, -0.15) is 0 Å². The van der Waals surface area contributed by atoms with Crippen molar-refractivity contribution >= 4 is 0 Å². The topological polar surface area (TPSA) is 42.5 Å². The van der Waals surface area contributed by atoms with Gasteiger partial charge in [0.2, 0.25) is 0 Å². The van der Waals surface area contributed by atoms with Crippen molar-refractivity contribution in [2.45, 2.75) is 13.0 Å². The number of nitrogens with one attached hydrogen (secondary N) is 2. The second-order valence-electron chi connectivity index (χ2n) is 3.25. The predicted molar refractivity (Wildman–Crippen MR) is 52.0 cm³/mol. The molecule has 0 radical (unpaired) electrons. The first-order valence-electron chi connectivity index (χ1n) is 5.00. The van der Waals surface area contributed by atoms with Crippen LogP contribution in [0.15, 0.2) is 0 Å². The molecular weight excluding hydrogens is 168 g/mol. The summed E-state index contributed by atoms with van der Waals surface area (Å²) in [7, 11) is 0. The molecule has 0 amide bonds. The minimum absolute atomic E-state index is 0.425. The quantitative estimate of drug-likeness (QED) is 0.543. The molecule has 78 valence electrons. The van der Waals surface area contributed by atoms with Crippen LogP contribution in [0.25, 0.3) is 0 Å². The average Bonchev–Trinajstić information content (AvgIpc) is 2.22. The van der Waals surface area contributed by atoms with Crippen molar-refractivity contribution in [1.29, 1.82) is 0 Å². The summed E-state index contributed by atoms with van der Waals surface area (Å²) in [5.41, 5.74) is 0. The van der Waals surface area contributed by atoms with E-state index in [9.17, 15) is 0 Å². The van der Waals surface area contributed by atoms with Gasteiger partial charge in [-0.1, -0.05) is 0 Å². The van der Waals surface area contributed by atoms with Gasteiger partial charge in [0, 0.05) is 26.2 Å². The molecule has 2 fully saturated rings. The fourth-order valence-electron chi connectivity index (χ4n) is 1.21. The van der Waals surface area contributed by atoms with Gasteiger partial charge >= 0.3 is 0 Å². The maximum absolute atomic E-state index is 5.22.